The number of hydrogen-bond donors (Lipinski definition) is 2. The number of H-pyrrole nitrogens is 1. The van der Waals surface area contributed by atoms with Gasteiger partial charge in [0.15, 0.2) is 5.82 Å². The standard InChI is InChI=1S/C12H16BrN5S/c13-9-3-6-19-10(9)11-15-12(17-16-11)18-4-1-8(7-14)2-5-18/h3,6,8H,1-2,4-5,7,14H2,(H,15,16,17). The molecule has 3 heterocycles. The lowest BCUT2D eigenvalue weighted by Crippen LogP contribution is -2.36. The Bertz CT molecular complexity index is 544. The van der Waals surface area contributed by atoms with E-state index >= 15 is 0 Å². The van der Waals surface area contributed by atoms with E-state index in [1.54, 1.807) is 11.3 Å². The molecule has 0 bridgehead atoms. The summed E-state index contributed by atoms with van der Waals surface area (Å²) < 4.78 is 1.06. The lowest BCUT2D eigenvalue weighted by atomic mass is 9.97. The summed E-state index contributed by atoms with van der Waals surface area (Å²) >= 11 is 5.17. The minimum Gasteiger partial charge on any atom is -0.340 e. The minimum absolute atomic E-state index is 0.654. The van der Waals surface area contributed by atoms with Gasteiger partial charge >= 0.3 is 0 Å². The van der Waals surface area contributed by atoms with Crippen molar-refractivity contribution in [3.8, 4) is 10.7 Å². The molecule has 1 aliphatic heterocycles. The van der Waals surface area contributed by atoms with E-state index in [1.807, 2.05) is 11.4 Å². The molecule has 1 aliphatic rings. The Labute approximate surface area is 124 Å². The van der Waals surface area contributed by atoms with Crippen LogP contribution in [0.2, 0.25) is 0 Å². The summed E-state index contributed by atoms with van der Waals surface area (Å²) in [4.78, 5) is 7.92. The molecular weight excluding hydrogens is 326 g/mol. The molecule has 7 heteroatoms. The van der Waals surface area contributed by atoms with Crippen LogP contribution in [0.25, 0.3) is 10.7 Å². The number of nitrogens with zero attached hydrogens (tertiary/aromatic N) is 3. The largest absolute Gasteiger partial charge is 0.340 e. The average Bonchev–Trinajstić information content (AvgIpc) is 3.07. The molecule has 0 aliphatic carbocycles. The van der Waals surface area contributed by atoms with Crippen LogP contribution in [-0.4, -0.2) is 34.8 Å². The third-order valence-corrected chi connectivity index (χ3v) is 5.38. The molecule has 5 nitrogen and oxygen atoms in total. The van der Waals surface area contributed by atoms with Crippen LogP contribution in [0.15, 0.2) is 15.9 Å². The van der Waals surface area contributed by atoms with Crippen molar-refractivity contribution in [2.75, 3.05) is 24.5 Å². The predicted octanol–water partition coefficient (Wildman–Crippen LogP) is 2.47. The van der Waals surface area contributed by atoms with Crippen LogP contribution in [0.1, 0.15) is 12.8 Å². The molecule has 102 valence electrons. The number of hydrogen-bond acceptors (Lipinski definition) is 5. The van der Waals surface area contributed by atoms with Gasteiger partial charge in [-0.2, -0.15) is 4.98 Å². The summed E-state index contributed by atoms with van der Waals surface area (Å²) in [6.45, 7) is 2.77. The molecule has 0 amide bonds. The Hall–Kier alpha value is -0.920. The summed E-state index contributed by atoms with van der Waals surface area (Å²) in [6, 6.07) is 2.02. The van der Waals surface area contributed by atoms with E-state index in [4.69, 9.17) is 5.73 Å². The van der Waals surface area contributed by atoms with Crippen LogP contribution in [0.3, 0.4) is 0 Å². The van der Waals surface area contributed by atoms with Crippen LogP contribution >= 0.6 is 27.3 Å². The molecule has 1 fully saturated rings. The number of nitrogens with two attached hydrogens (primary N) is 1. The van der Waals surface area contributed by atoms with Crippen LogP contribution in [0.5, 0.6) is 0 Å². The van der Waals surface area contributed by atoms with Gasteiger partial charge in [-0.1, -0.05) is 0 Å². The maximum absolute atomic E-state index is 5.71. The topological polar surface area (TPSA) is 70.8 Å². The number of rotatable bonds is 3. The van der Waals surface area contributed by atoms with Gasteiger partial charge in [-0.05, 0) is 52.7 Å². The molecule has 0 spiro atoms. The normalized spacial score (nSPS) is 17.1. The van der Waals surface area contributed by atoms with E-state index in [0.717, 1.165) is 53.6 Å². The summed E-state index contributed by atoms with van der Waals surface area (Å²) in [5.74, 6) is 2.28. The Kier molecular flexibility index (Phi) is 3.86. The monoisotopic (exact) mass is 341 g/mol. The van der Waals surface area contributed by atoms with E-state index in [1.165, 1.54) is 0 Å². The van der Waals surface area contributed by atoms with E-state index in [-0.39, 0.29) is 0 Å². The number of anilines is 1. The highest BCUT2D eigenvalue weighted by molar-refractivity contribution is 9.10. The quantitative estimate of drug-likeness (QED) is 0.899. The first-order valence-corrected chi connectivity index (χ1v) is 8.06. The molecule has 19 heavy (non-hydrogen) atoms. The van der Waals surface area contributed by atoms with Crippen molar-refractivity contribution < 1.29 is 0 Å². The van der Waals surface area contributed by atoms with Crippen LogP contribution in [-0.2, 0) is 0 Å². The highest BCUT2D eigenvalue weighted by atomic mass is 79.9. The minimum atomic E-state index is 0.654. The van der Waals surface area contributed by atoms with Gasteiger partial charge in [0.2, 0.25) is 5.95 Å². The fourth-order valence-corrected chi connectivity index (χ4v) is 3.83. The fourth-order valence-electron chi connectivity index (χ4n) is 2.33. The van der Waals surface area contributed by atoms with Crippen LogP contribution in [0, 0.1) is 5.92 Å². The lowest BCUT2D eigenvalue weighted by Gasteiger charge is -2.30. The van der Waals surface area contributed by atoms with Crippen molar-refractivity contribution in [3.05, 3.63) is 15.9 Å². The molecule has 0 unspecified atom stereocenters. The van der Waals surface area contributed by atoms with Gasteiger partial charge in [0.25, 0.3) is 0 Å². The van der Waals surface area contributed by atoms with Crippen molar-refractivity contribution in [3.63, 3.8) is 0 Å². The second-order valence-corrected chi connectivity index (χ2v) is 6.52. The van der Waals surface area contributed by atoms with Gasteiger partial charge in [0.1, 0.15) is 0 Å². The van der Waals surface area contributed by atoms with E-state index in [2.05, 4.69) is 36.0 Å². The summed E-state index contributed by atoms with van der Waals surface area (Å²) in [7, 11) is 0. The maximum atomic E-state index is 5.71. The zero-order chi connectivity index (χ0) is 13.2. The number of nitrogens with one attached hydrogen (secondary N) is 1. The first-order chi connectivity index (χ1) is 9.28. The van der Waals surface area contributed by atoms with Crippen LogP contribution in [0.4, 0.5) is 5.95 Å². The fraction of sp³-hybridized carbons (Fsp3) is 0.500. The van der Waals surface area contributed by atoms with Crippen molar-refractivity contribution in [1.82, 2.24) is 15.2 Å². The highest BCUT2D eigenvalue weighted by Crippen LogP contribution is 2.32. The molecule has 0 atom stereocenters. The zero-order valence-electron chi connectivity index (χ0n) is 10.5. The third kappa shape index (κ3) is 2.68. The first-order valence-electron chi connectivity index (χ1n) is 6.38. The zero-order valence-corrected chi connectivity index (χ0v) is 12.9. The van der Waals surface area contributed by atoms with E-state index in [9.17, 15) is 0 Å². The van der Waals surface area contributed by atoms with Crippen molar-refractivity contribution in [2.24, 2.45) is 11.7 Å². The Morgan fingerprint density at radius 2 is 2.26 bits per heavy atom. The molecule has 2 aromatic heterocycles. The van der Waals surface area contributed by atoms with Gasteiger partial charge in [-0.25, -0.2) is 0 Å². The van der Waals surface area contributed by atoms with Gasteiger partial charge in [0.05, 0.1) is 4.88 Å². The number of aromatic amines is 1. The van der Waals surface area contributed by atoms with Gasteiger partial charge < -0.3 is 10.6 Å². The predicted molar refractivity (Wildman–Crippen MR) is 81.4 cm³/mol. The maximum Gasteiger partial charge on any atom is 0.245 e. The molecular formula is C12H16BrN5S. The SMILES string of the molecule is NCC1CCN(c2n[nH]c(-c3sccc3Br)n2)CC1. The van der Waals surface area contributed by atoms with E-state index < -0.39 is 0 Å². The number of piperidine rings is 1. The lowest BCUT2D eigenvalue weighted by molar-refractivity contribution is 0.411. The number of halogens is 1. The smallest absolute Gasteiger partial charge is 0.245 e. The van der Waals surface area contributed by atoms with Crippen molar-refractivity contribution in [1.29, 1.82) is 0 Å². The molecule has 2 aromatic rings. The van der Waals surface area contributed by atoms with Crippen LogP contribution < -0.4 is 10.6 Å². The summed E-state index contributed by atoms with van der Waals surface area (Å²) in [5.41, 5.74) is 5.71. The Morgan fingerprint density at radius 1 is 1.47 bits per heavy atom. The number of aromatic nitrogens is 3. The van der Waals surface area contributed by atoms with Crippen molar-refractivity contribution in [2.45, 2.75) is 12.8 Å². The first kappa shape index (κ1) is 13.1. The number of thiophene rings is 1. The molecule has 0 aromatic carbocycles. The van der Waals surface area contributed by atoms with Gasteiger partial charge in [0, 0.05) is 17.6 Å². The molecule has 1 saturated heterocycles. The molecule has 0 radical (unpaired) electrons. The van der Waals surface area contributed by atoms with E-state index in [0.29, 0.717) is 5.92 Å². The van der Waals surface area contributed by atoms with Gasteiger partial charge in [-0.15, -0.1) is 16.4 Å². The Balaban J connectivity index is 1.74. The Morgan fingerprint density at radius 3 is 2.89 bits per heavy atom. The molecule has 3 rings (SSSR count). The average molecular weight is 342 g/mol. The highest BCUT2D eigenvalue weighted by Gasteiger charge is 2.21. The summed E-state index contributed by atoms with van der Waals surface area (Å²) in [6.07, 6.45) is 2.26. The molecule has 3 N–H and O–H groups in total. The summed E-state index contributed by atoms with van der Waals surface area (Å²) in [5, 5.41) is 9.39. The molecule has 0 saturated carbocycles. The second-order valence-electron chi connectivity index (χ2n) is 4.75. The second kappa shape index (κ2) is 5.60. The third-order valence-electron chi connectivity index (χ3n) is 3.54. The van der Waals surface area contributed by atoms with Crippen molar-refractivity contribution >= 4 is 33.2 Å². The van der Waals surface area contributed by atoms with Gasteiger partial charge in [-0.3, -0.25) is 5.10 Å².